The molecular formula is C31H35F2NO11. The zero-order chi connectivity index (χ0) is 32.4. The first-order chi connectivity index (χ1) is 21.5. The topological polar surface area (TPSA) is 176 Å². The third-order valence-electron chi connectivity index (χ3n) is 7.99. The van der Waals surface area contributed by atoms with Crippen LogP contribution < -0.4 is 14.8 Å². The Morgan fingerprint density at radius 2 is 1.62 bits per heavy atom. The molecule has 2 aromatic rings. The number of ether oxygens (including phenoxy) is 5. The van der Waals surface area contributed by atoms with Gasteiger partial charge in [0.2, 0.25) is 12.2 Å². The molecule has 0 bridgehead atoms. The summed E-state index contributed by atoms with van der Waals surface area (Å²) in [5.74, 6) is -2.30. The van der Waals surface area contributed by atoms with Gasteiger partial charge in [-0.25, -0.2) is 8.78 Å². The van der Waals surface area contributed by atoms with Crippen LogP contribution in [0.1, 0.15) is 19.4 Å². The molecule has 3 aliphatic rings. The summed E-state index contributed by atoms with van der Waals surface area (Å²) < 4.78 is 55.8. The molecule has 0 aromatic heterocycles. The van der Waals surface area contributed by atoms with Crippen molar-refractivity contribution in [2.24, 2.45) is 0 Å². The Morgan fingerprint density at radius 3 is 2.33 bits per heavy atom. The number of benzene rings is 2. The minimum Gasteiger partial charge on any atom is -0.486 e. The molecule has 2 heterocycles. The number of amides is 1. The average Bonchev–Trinajstić information content (AvgIpc) is 3.62. The molecule has 1 saturated carbocycles. The lowest BCUT2D eigenvalue weighted by Crippen LogP contribution is -2.67. The largest absolute Gasteiger partial charge is 0.486 e. The summed E-state index contributed by atoms with van der Waals surface area (Å²) in [6.45, 7) is 2.86. The van der Waals surface area contributed by atoms with Crippen LogP contribution in [0.25, 0.3) is 6.08 Å². The van der Waals surface area contributed by atoms with Crippen molar-refractivity contribution in [3.8, 4) is 11.5 Å². The zero-order valence-electron chi connectivity index (χ0n) is 24.3. The molecule has 0 radical (unpaired) electrons. The number of fused-ring (bicyclic) bond motifs is 1. The Kier molecular flexibility index (Phi) is 10.2. The SMILES string of the molecule is C/C(=C\c1ccc(O[C@@H]2O[C@H](/C(C)=C/COc3ccccc3F)[C@@H](O)[C@H]2O)c(F)c1)C(=O)N[C@@H]1C(O)C(O)C2OCO[C@H]2[C@@H]1O. The van der Waals surface area contributed by atoms with Gasteiger partial charge in [-0.2, -0.15) is 0 Å². The Hall–Kier alpha value is -3.47. The molecule has 10 atom stereocenters. The lowest BCUT2D eigenvalue weighted by atomic mass is 9.83. The highest BCUT2D eigenvalue weighted by Crippen LogP contribution is 2.32. The van der Waals surface area contributed by atoms with E-state index < -0.39 is 78.7 Å². The lowest BCUT2D eigenvalue weighted by Gasteiger charge is -2.41. The summed E-state index contributed by atoms with van der Waals surface area (Å²) >= 11 is 0. The van der Waals surface area contributed by atoms with Gasteiger partial charge in [0.05, 0.1) is 6.04 Å². The molecule has 1 amide bonds. The van der Waals surface area contributed by atoms with E-state index in [4.69, 9.17) is 23.7 Å². The van der Waals surface area contributed by atoms with Crippen LogP contribution in [0.3, 0.4) is 0 Å². The average molecular weight is 636 g/mol. The number of rotatable bonds is 9. The predicted octanol–water partition coefficient (Wildman–Crippen LogP) is 0.541. The van der Waals surface area contributed by atoms with Crippen molar-refractivity contribution in [3.05, 3.63) is 76.9 Å². The van der Waals surface area contributed by atoms with E-state index in [-0.39, 0.29) is 36.0 Å². The van der Waals surface area contributed by atoms with E-state index in [1.165, 1.54) is 43.3 Å². The molecule has 2 aliphatic heterocycles. The number of carbonyl (C=O) groups is 1. The third-order valence-corrected chi connectivity index (χ3v) is 7.99. The molecule has 45 heavy (non-hydrogen) atoms. The van der Waals surface area contributed by atoms with Crippen molar-refractivity contribution in [2.45, 2.75) is 75.0 Å². The van der Waals surface area contributed by atoms with E-state index in [1.807, 2.05) is 0 Å². The second kappa shape index (κ2) is 13.9. The number of halogens is 2. The van der Waals surface area contributed by atoms with Crippen LogP contribution in [0.5, 0.6) is 11.5 Å². The van der Waals surface area contributed by atoms with E-state index in [0.717, 1.165) is 6.07 Å². The summed E-state index contributed by atoms with van der Waals surface area (Å²) in [6, 6.07) is 8.41. The summed E-state index contributed by atoms with van der Waals surface area (Å²) in [6.07, 6.45) is -8.54. The van der Waals surface area contributed by atoms with Gasteiger partial charge in [-0.05, 0) is 61.4 Å². The monoisotopic (exact) mass is 635 g/mol. The number of para-hydroxylation sites is 1. The van der Waals surface area contributed by atoms with Crippen LogP contribution >= 0.6 is 0 Å². The van der Waals surface area contributed by atoms with Crippen molar-refractivity contribution in [3.63, 3.8) is 0 Å². The molecule has 14 heteroatoms. The number of aliphatic hydroxyl groups excluding tert-OH is 5. The maximum absolute atomic E-state index is 15.0. The Balaban J connectivity index is 1.18. The van der Waals surface area contributed by atoms with Crippen LogP contribution in [0.2, 0.25) is 0 Å². The molecule has 12 nitrogen and oxygen atoms in total. The maximum Gasteiger partial charge on any atom is 0.247 e. The molecule has 1 aliphatic carbocycles. The van der Waals surface area contributed by atoms with Crippen molar-refractivity contribution >= 4 is 12.0 Å². The first-order valence-corrected chi connectivity index (χ1v) is 14.2. The minimum absolute atomic E-state index is 0.0316. The van der Waals surface area contributed by atoms with Crippen LogP contribution in [0, 0.1) is 11.6 Å². The fourth-order valence-corrected chi connectivity index (χ4v) is 5.42. The molecule has 5 rings (SSSR count). The van der Waals surface area contributed by atoms with Gasteiger partial charge >= 0.3 is 0 Å². The maximum atomic E-state index is 15.0. The minimum atomic E-state index is -1.52. The molecule has 3 unspecified atom stereocenters. The van der Waals surface area contributed by atoms with E-state index in [9.17, 15) is 34.7 Å². The highest BCUT2D eigenvalue weighted by atomic mass is 19.1. The molecule has 2 aromatic carbocycles. The van der Waals surface area contributed by atoms with Crippen molar-refractivity contribution in [1.29, 1.82) is 0 Å². The number of aliphatic hydroxyl groups is 5. The van der Waals surface area contributed by atoms with Gasteiger partial charge in [-0.3, -0.25) is 4.79 Å². The third kappa shape index (κ3) is 7.03. The first kappa shape index (κ1) is 32.9. The van der Waals surface area contributed by atoms with Crippen molar-refractivity contribution < 1.29 is 62.8 Å². The number of hydrogen-bond donors (Lipinski definition) is 6. The van der Waals surface area contributed by atoms with Gasteiger partial charge in [0.15, 0.2) is 23.1 Å². The van der Waals surface area contributed by atoms with Crippen LogP contribution in [0.15, 0.2) is 59.7 Å². The second-order valence-electron chi connectivity index (χ2n) is 11.1. The normalized spacial score (nSPS) is 33.5. The van der Waals surface area contributed by atoms with Gasteiger partial charge in [0.1, 0.15) is 62.2 Å². The fraction of sp³-hybridized carbons (Fsp3) is 0.452. The van der Waals surface area contributed by atoms with Gasteiger partial charge in [0, 0.05) is 5.57 Å². The Morgan fingerprint density at radius 1 is 0.911 bits per heavy atom. The molecule has 2 saturated heterocycles. The second-order valence-corrected chi connectivity index (χ2v) is 11.1. The van der Waals surface area contributed by atoms with Crippen LogP contribution in [0.4, 0.5) is 8.78 Å². The lowest BCUT2D eigenvalue weighted by molar-refractivity contribution is -0.155. The van der Waals surface area contributed by atoms with Gasteiger partial charge in [-0.1, -0.05) is 18.2 Å². The highest BCUT2D eigenvalue weighted by Gasteiger charge is 2.53. The quantitative estimate of drug-likeness (QED) is 0.168. The molecular weight excluding hydrogens is 600 g/mol. The highest BCUT2D eigenvalue weighted by molar-refractivity contribution is 5.97. The molecule has 244 valence electrons. The summed E-state index contributed by atoms with van der Waals surface area (Å²) in [7, 11) is 0. The zero-order valence-corrected chi connectivity index (χ0v) is 24.3. The van der Waals surface area contributed by atoms with Gasteiger partial charge in [0.25, 0.3) is 0 Å². The number of hydrogen-bond acceptors (Lipinski definition) is 11. The summed E-state index contributed by atoms with van der Waals surface area (Å²) in [5, 5.41) is 54.8. The molecule has 6 N–H and O–H groups in total. The number of nitrogens with one attached hydrogen (secondary N) is 1. The van der Waals surface area contributed by atoms with E-state index in [2.05, 4.69) is 5.32 Å². The molecule has 3 fully saturated rings. The fourth-order valence-electron chi connectivity index (χ4n) is 5.42. The summed E-state index contributed by atoms with van der Waals surface area (Å²) in [4.78, 5) is 12.8. The smallest absolute Gasteiger partial charge is 0.247 e. The van der Waals surface area contributed by atoms with Crippen molar-refractivity contribution in [2.75, 3.05) is 13.4 Å². The summed E-state index contributed by atoms with van der Waals surface area (Å²) in [5.41, 5.74) is 0.846. The number of carbonyl (C=O) groups excluding carboxylic acids is 1. The van der Waals surface area contributed by atoms with E-state index in [1.54, 1.807) is 19.1 Å². The van der Waals surface area contributed by atoms with Crippen LogP contribution in [-0.2, 0) is 19.0 Å². The van der Waals surface area contributed by atoms with Crippen LogP contribution in [-0.4, -0.2) is 106 Å². The Labute approximate surface area is 257 Å². The van der Waals surface area contributed by atoms with E-state index >= 15 is 4.39 Å². The molecule has 0 spiro atoms. The van der Waals surface area contributed by atoms with E-state index in [0.29, 0.717) is 5.57 Å². The van der Waals surface area contributed by atoms with Gasteiger partial charge in [-0.15, -0.1) is 0 Å². The predicted molar refractivity (Wildman–Crippen MR) is 152 cm³/mol. The standard InChI is InChI=1S/C31H35F2NO11/c1-14(9-10-41-19-6-4-3-5-17(19)32)27-25(38)26(39)31(45-27)44-20-8-7-16(12-18(20)33)11-15(2)30(40)34-21-22(35)24(37)29-28(23(21)36)42-13-43-29/h3-9,11-12,21-29,31,35-39H,10,13H2,1-2H3,(H,34,40)/b14-9+,15-11+/t21-,22?,23-,24?,25+,26-,27-,28+,29?,31-/m1/s1. The van der Waals surface area contributed by atoms with Gasteiger partial charge < -0.3 is 54.5 Å². The first-order valence-electron chi connectivity index (χ1n) is 14.2. The Bertz CT molecular complexity index is 1440. The van der Waals surface area contributed by atoms with Crippen molar-refractivity contribution in [1.82, 2.24) is 5.32 Å².